The Labute approximate surface area is 126 Å². The van der Waals surface area contributed by atoms with E-state index in [-0.39, 0.29) is 17.7 Å². The Morgan fingerprint density at radius 2 is 1.67 bits per heavy atom. The van der Waals surface area contributed by atoms with Gasteiger partial charge in [0.15, 0.2) is 0 Å². The molecule has 1 rings (SSSR count). The molecule has 0 spiro atoms. The molecule has 0 bridgehead atoms. The van der Waals surface area contributed by atoms with Crippen LogP contribution in [-0.2, 0) is 9.59 Å². The molecule has 0 saturated carbocycles. The van der Waals surface area contributed by atoms with Crippen molar-refractivity contribution in [2.24, 2.45) is 5.92 Å². The van der Waals surface area contributed by atoms with Gasteiger partial charge in [-0.25, -0.2) is 0 Å². The fraction of sp³-hybridized carbons (Fsp3) is 0.500. The number of benzene rings is 1. The summed E-state index contributed by atoms with van der Waals surface area (Å²) in [4.78, 5) is 23.4. The van der Waals surface area contributed by atoms with E-state index in [1.807, 2.05) is 27.7 Å². The second kappa shape index (κ2) is 8.42. The third-order valence-corrected chi connectivity index (χ3v) is 2.84. The standard InChI is InChI=1S/C16H25N3O2/c1-11(2)16(21)19-14-7-5-6-13(10-14)18-15(20)8-9-17-12(3)4/h5-7,10-12,17H,8-9H2,1-4H3,(H,18,20)(H,19,21). The van der Waals surface area contributed by atoms with Crippen molar-refractivity contribution in [2.45, 2.75) is 40.2 Å². The number of carbonyl (C=O) groups excluding carboxylic acids is 2. The summed E-state index contributed by atoms with van der Waals surface area (Å²) in [7, 11) is 0. The van der Waals surface area contributed by atoms with Crippen LogP contribution in [0.1, 0.15) is 34.1 Å². The van der Waals surface area contributed by atoms with Crippen LogP contribution in [0, 0.1) is 5.92 Å². The zero-order valence-corrected chi connectivity index (χ0v) is 13.2. The third kappa shape index (κ3) is 6.90. The molecule has 5 heteroatoms. The molecule has 0 aliphatic heterocycles. The number of hydrogen-bond donors (Lipinski definition) is 3. The lowest BCUT2D eigenvalue weighted by Gasteiger charge is -2.11. The molecule has 3 N–H and O–H groups in total. The van der Waals surface area contributed by atoms with Gasteiger partial charge in [-0.2, -0.15) is 0 Å². The maximum absolute atomic E-state index is 11.8. The lowest BCUT2D eigenvalue weighted by molar-refractivity contribution is -0.119. The highest BCUT2D eigenvalue weighted by atomic mass is 16.2. The predicted molar refractivity (Wildman–Crippen MR) is 86.3 cm³/mol. The lowest BCUT2D eigenvalue weighted by Crippen LogP contribution is -2.27. The van der Waals surface area contributed by atoms with E-state index in [0.29, 0.717) is 30.4 Å². The molecule has 0 aliphatic carbocycles. The average Bonchev–Trinajstić information content (AvgIpc) is 2.38. The van der Waals surface area contributed by atoms with Crippen LogP contribution < -0.4 is 16.0 Å². The molecule has 1 aromatic rings. The summed E-state index contributed by atoms with van der Waals surface area (Å²) < 4.78 is 0. The van der Waals surface area contributed by atoms with E-state index in [4.69, 9.17) is 0 Å². The summed E-state index contributed by atoms with van der Waals surface area (Å²) in [5.74, 6) is -0.166. The Morgan fingerprint density at radius 3 is 2.24 bits per heavy atom. The van der Waals surface area contributed by atoms with Crippen LogP contribution in [0.3, 0.4) is 0 Å². The molecular formula is C16H25N3O2. The van der Waals surface area contributed by atoms with Crippen molar-refractivity contribution >= 4 is 23.2 Å². The normalized spacial score (nSPS) is 10.8. The van der Waals surface area contributed by atoms with Gasteiger partial charge in [0.1, 0.15) is 0 Å². The van der Waals surface area contributed by atoms with Crippen LogP contribution in [0.2, 0.25) is 0 Å². The Kier molecular flexibility index (Phi) is 6.88. The van der Waals surface area contributed by atoms with E-state index in [2.05, 4.69) is 16.0 Å². The average molecular weight is 291 g/mol. The summed E-state index contributed by atoms with van der Waals surface area (Å²) in [5.41, 5.74) is 1.37. The molecule has 0 aliphatic rings. The first-order chi connectivity index (χ1) is 9.88. The Morgan fingerprint density at radius 1 is 1.05 bits per heavy atom. The van der Waals surface area contributed by atoms with Crippen LogP contribution in [0.4, 0.5) is 11.4 Å². The highest BCUT2D eigenvalue weighted by Gasteiger charge is 2.08. The van der Waals surface area contributed by atoms with Crippen LogP contribution in [0.15, 0.2) is 24.3 Å². The molecule has 0 saturated heterocycles. The smallest absolute Gasteiger partial charge is 0.226 e. The van der Waals surface area contributed by atoms with Crippen LogP contribution in [0.25, 0.3) is 0 Å². The van der Waals surface area contributed by atoms with Crippen molar-refractivity contribution in [3.63, 3.8) is 0 Å². The van der Waals surface area contributed by atoms with Gasteiger partial charge < -0.3 is 16.0 Å². The topological polar surface area (TPSA) is 70.2 Å². The fourth-order valence-electron chi connectivity index (χ4n) is 1.66. The number of anilines is 2. The second-order valence-corrected chi connectivity index (χ2v) is 5.63. The SMILES string of the molecule is CC(C)NCCC(=O)Nc1cccc(NC(=O)C(C)C)c1. The highest BCUT2D eigenvalue weighted by molar-refractivity contribution is 5.94. The molecule has 2 amide bonds. The van der Waals surface area contributed by atoms with Gasteiger partial charge in [0.25, 0.3) is 0 Å². The Hall–Kier alpha value is -1.88. The van der Waals surface area contributed by atoms with Crippen molar-refractivity contribution in [1.29, 1.82) is 0 Å². The predicted octanol–water partition coefficient (Wildman–Crippen LogP) is 2.61. The summed E-state index contributed by atoms with van der Waals surface area (Å²) in [6, 6.07) is 7.54. The van der Waals surface area contributed by atoms with Crippen LogP contribution >= 0.6 is 0 Å². The van der Waals surface area contributed by atoms with E-state index < -0.39 is 0 Å². The van der Waals surface area contributed by atoms with Crippen molar-refractivity contribution in [3.05, 3.63) is 24.3 Å². The molecule has 21 heavy (non-hydrogen) atoms. The maximum atomic E-state index is 11.8. The van der Waals surface area contributed by atoms with Crippen molar-refractivity contribution in [3.8, 4) is 0 Å². The first kappa shape index (κ1) is 17.2. The molecule has 0 fully saturated rings. The van der Waals surface area contributed by atoms with E-state index in [9.17, 15) is 9.59 Å². The molecule has 0 radical (unpaired) electrons. The van der Waals surface area contributed by atoms with Crippen molar-refractivity contribution in [1.82, 2.24) is 5.32 Å². The van der Waals surface area contributed by atoms with Crippen LogP contribution in [0.5, 0.6) is 0 Å². The molecule has 0 atom stereocenters. The minimum atomic E-state index is -0.0784. The Balaban J connectivity index is 2.52. The van der Waals surface area contributed by atoms with Crippen molar-refractivity contribution in [2.75, 3.05) is 17.2 Å². The van der Waals surface area contributed by atoms with Crippen LogP contribution in [-0.4, -0.2) is 24.4 Å². The number of carbonyl (C=O) groups is 2. The minimum absolute atomic E-state index is 0.0420. The summed E-state index contributed by atoms with van der Waals surface area (Å²) >= 11 is 0. The van der Waals surface area contributed by atoms with E-state index in [0.717, 1.165) is 0 Å². The summed E-state index contributed by atoms with van der Waals surface area (Å²) in [6.07, 6.45) is 0.417. The number of nitrogens with one attached hydrogen (secondary N) is 3. The maximum Gasteiger partial charge on any atom is 0.226 e. The molecule has 116 valence electrons. The van der Waals surface area contributed by atoms with Gasteiger partial charge in [-0.05, 0) is 18.2 Å². The lowest BCUT2D eigenvalue weighted by atomic mass is 10.2. The largest absolute Gasteiger partial charge is 0.326 e. The minimum Gasteiger partial charge on any atom is -0.326 e. The molecule has 0 heterocycles. The molecule has 0 unspecified atom stereocenters. The van der Waals surface area contributed by atoms with Gasteiger partial charge in [-0.15, -0.1) is 0 Å². The third-order valence-electron chi connectivity index (χ3n) is 2.84. The number of rotatable bonds is 7. The van der Waals surface area contributed by atoms with E-state index in [1.54, 1.807) is 24.3 Å². The van der Waals surface area contributed by atoms with Gasteiger partial charge >= 0.3 is 0 Å². The second-order valence-electron chi connectivity index (χ2n) is 5.63. The highest BCUT2D eigenvalue weighted by Crippen LogP contribution is 2.16. The number of amides is 2. The van der Waals surface area contributed by atoms with Crippen molar-refractivity contribution < 1.29 is 9.59 Å². The quantitative estimate of drug-likeness (QED) is 0.723. The fourth-order valence-corrected chi connectivity index (χ4v) is 1.66. The summed E-state index contributed by atoms with van der Waals surface area (Å²) in [5, 5.41) is 8.83. The van der Waals surface area contributed by atoms with E-state index in [1.165, 1.54) is 0 Å². The van der Waals surface area contributed by atoms with Gasteiger partial charge in [0, 0.05) is 36.3 Å². The Bertz CT molecular complexity index is 484. The molecule has 1 aromatic carbocycles. The first-order valence-corrected chi connectivity index (χ1v) is 7.32. The van der Waals surface area contributed by atoms with Gasteiger partial charge in [0.2, 0.25) is 11.8 Å². The zero-order chi connectivity index (χ0) is 15.8. The first-order valence-electron chi connectivity index (χ1n) is 7.32. The van der Waals surface area contributed by atoms with E-state index >= 15 is 0 Å². The van der Waals surface area contributed by atoms with Gasteiger partial charge in [-0.3, -0.25) is 9.59 Å². The molecule has 5 nitrogen and oxygen atoms in total. The number of hydrogen-bond acceptors (Lipinski definition) is 3. The van der Waals surface area contributed by atoms with Gasteiger partial charge in [0.05, 0.1) is 0 Å². The monoisotopic (exact) mass is 291 g/mol. The van der Waals surface area contributed by atoms with Gasteiger partial charge in [-0.1, -0.05) is 33.8 Å². The zero-order valence-electron chi connectivity index (χ0n) is 13.2. The molecule has 0 aromatic heterocycles. The molecular weight excluding hydrogens is 266 g/mol. The summed E-state index contributed by atoms with van der Waals surface area (Å²) in [6.45, 7) is 8.40.